The standard InChI is InChI=1S/C21H31NO4/c1-4-5-7-12-17-13-18(26-20(17)23)19(15(2)3)22-21(24)25-14-16-10-8-6-9-11-16/h6,8-11,15,17-19H,4-5,7,12-14H2,1-3H3,(H,22,24)/t17-,18-,19-/m0/s1. The fourth-order valence-electron chi connectivity index (χ4n) is 3.36. The first-order valence-corrected chi connectivity index (χ1v) is 9.69. The number of unbranched alkanes of at least 4 members (excludes halogenated alkanes) is 2. The van der Waals surface area contributed by atoms with Crippen LogP contribution in [0.4, 0.5) is 4.79 Å². The summed E-state index contributed by atoms with van der Waals surface area (Å²) in [6, 6.07) is 9.32. The maximum Gasteiger partial charge on any atom is 0.407 e. The topological polar surface area (TPSA) is 64.6 Å². The summed E-state index contributed by atoms with van der Waals surface area (Å²) in [7, 11) is 0. The van der Waals surface area contributed by atoms with Gasteiger partial charge >= 0.3 is 12.1 Å². The average molecular weight is 361 g/mol. The highest BCUT2D eigenvalue weighted by molar-refractivity contribution is 5.75. The van der Waals surface area contributed by atoms with Crippen LogP contribution in [0, 0.1) is 11.8 Å². The van der Waals surface area contributed by atoms with Gasteiger partial charge in [-0.1, -0.05) is 70.4 Å². The molecule has 144 valence electrons. The summed E-state index contributed by atoms with van der Waals surface area (Å²) in [5.74, 6) is -0.0300. The molecule has 0 aromatic heterocycles. The van der Waals surface area contributed by atoms with E-state index in [-0.39, 0.29) is 36.6 Å². The maximum absolute atomic E-state index is 12.2. The summed E-state index contributed by atoms with van der Waals surface area (Å²) in [4.78, 5) is 24.3. The molecular weight excluding hydrogens is 330 g/mol. The Labute approximate surface area is 156 Å². The van der Waals surface area contributed by atoms with Gasteiger partial charge in [0.05, 0.1) is 12.0 Å². The van der Waals surface area contributed by atoms with Crippen LogP contribution in [0.3, 0.4) is 0 Å². The normalized spacial score (nSPS) is 20.7. The van der Waals surface area contributed by atoms with Gasteiger partial charge in [0.2, 0.25) is 0 Å². The second kappa shape index (κ2) is 10.2. The van der Waals surface area contributed by atoms with Crippen LogP contribution in [-0.2, 0) is 20.9 Å². The number of benzene rings is 1. The van der Waals surface area contributed by atoms with Crippen molar-refractivity contribution in [1.82, 2.24) is 5.32 Å². The predicted octanol–water partition coefficient (Wildman–Crippen LogP) is 4.45. The fourth-order valence-corrected chi connectivity index (χ4v) is 3.36. The Morgan fingerprint density at radius 2 is 2.00 bits per heavy atom. The number of hydrogen-bond donors (Lipinski definition) is 1. The molecule has 0 spiro atoms. The van der Waals surface area contributed by atoms with E-state index in [0.29, 0.717) is 6.42 Å². The summed E-state index contributed by atoms with van der Waals surface area (Å²) in [6.07, 6.45) is 4.09. The Hall–Kier alpha value is -2.04. The largest absolute Gasteiger partial charge is 0.460 e. The second-order valence-electron chi connectivity index (χ2n) is 7.38. The molecule has 1 aliphatic heterocycles. The zero-order chi connectivity index (χ0) is 18.9. The Morgan fingerprint density at radius 1 is 1.27 bits per heavy atom. The Bertz CT molecular complexity index is 573. The van der Waals surface area contributed by atoms with Gasteiger partial charge in [0.25, 0.3) is 0 Å². The highest BCUT2D eigenvalue weighted by Crippen LogP contribution is 2.30. The third-order valence-corrected chi connectivity index (χ3v) is 4.89. The molecule has 1 heterocycles. The van der Waals surface area contributed by atoms with Gasteiger partial charge in [-0.25, -0.2) is 4.79 Å². The van der Waals surface area contributed by atoms with Gasteiger partial charge in [0, 0.05) is 0 Å². The molecule has 26 heavy (non-hydrogen) atoms. The molecule has 0 bridgehead atoms. The number of amides is 1. The number of carbonyl (C=O) groups is 2. The lowest BCUT2D eigenvalue weighted by molar-refractivity contribution is -0.145. The van der Waals surface area contributed by atoms with Gasteiger partial charge < -0.3 is 14.8 Å². The fraction of sp³-hybridized carbons (Fsp3) is 0.619. The monoisotopic (exact) mass is 361 g/mol. The zero-order valence-corrected chi connectivity index (χ0v) is 16.1. The highest BCUT2D eigenvalue weighted by atomic mass is 16.6. The first-order valence-electron chi connectivity index (χ1n) is 9.69. The van der Waals surface area contributed by atoms with Crippen LogP contribution in [0.15, 0.2) is 30.3 Å². The highest BCUT2D eigenvalue weighted by Gasteiger charge is 2.40. The molecule has 1 aromatic rings. The van der Waals surface area contributed by atoms with Gasteiger partial charge in [0.1, 0.15) is 12.7 Å². The minimum atomic E-state index is -0.474. The van der Waals surface area contributed by atoms with Gasteiger partial charge in [0.15, 0.2) is 0 Å². The molecule has 2 rings (SSSR count). The third kappa shape index (κ3) is 6.04. The summed E-state index contributed by atoms with van der Waals surface area (Å²) in [5, 5.41) is 2.90. The number of alkyl carbamates (subject to hydrolysis) is 1. The van der Waals surface area contributed by atoms with E-state index < -0.39 is 6.09 Å². The Morgan fingerprint density at radius 3 is 2.65 bits per heavy atom. The van der Waals surface area contributed by atoms with Crippen molar-refractivity contribution in [3.8, 4) is 0 Å². The van der Waals surface area contributed by atoms with E-state index in [1.54, 1.807) is 0 Å². The molecule has 0 saturated carbocycles. The van der Waals surface area contributed by atoms with Crippen molar-refractivity contribution in [3.05, 3.63) is 35.9 Å². The van der Waals surface area contributed by atoms with E-state index in [9.17, 15) is 9.59 Å². The minimum absolute atomic E-state index is 0.0464. The van der Waals surface area contributed by atoms with Crippen LogP contribution >= 0.6 is 0 Å². The number of hydrogen-bond acceptors (Lipinski definition) is 4. The second-order valence-corrected chi connectivity index (χ2v) is 7.38. The van der Waals surface area contributed by atoms with E-state index >= 15 is 0 Å². The molecule has 5 heteroatoms. The van der Waals surface area contributed by atoms with Crippen molar-refractivity contribution >= 4 is 12.1 Å². The average Bonchev–Trinajstić information content (AvgIpc) is 2.99. The lowest BCUT2D eigenvalue weighted by atomic mass is 9.91. The molecule has 0 unspecified atom stereocenters. The molecule has 0 aliphatic carbocycles. The molecule has 1 N–H and O–H groups in total. The van der Waals surface area contributed by atoms with Gasteiger partial charge in [-0.05, 0) is 24.3 Å². The van der Waals surface area contributed by atoms with Crippen LogP contribution in [0.5, 0.6) is 0 Å². The molecule has 1 aromatic carbocycles. The molecular formula is C21H31NO4. The molecule has 0 radical (unpaired) electrons. The third-order valence-electron chi connectivity index (χ3n) is 4.89. The molecule has 3 atom stereocenters. The van der Waals surface area contributed by atoms with E-state index in [2.05, 4.69) is 12.2 Å². The smallest absolute Gasteiger partial charge is 0.407 e. The van der Waals surface area contributed by atoms with Crippen LogP contribution in [0.1, 0.15) is 58.4 Å². The molecule has 1 fully saturated rings. The van der Waals surface area contributed by atoms with E-state index in [0.717, 1.165) is 31.2 Å². The lowest BCUT2D eigenvalue weighted by Crippen LogP contribution is -2.46. The summed E-state index contributed by atoms with van der Waals surface area (Å²) in [6.45, 7) is 6.40. The first-order chi connectivity index (χ1) is 12.5. The minimum Gasteiger partial charge on any atom is -0.460 e. The molecule has 1 saturated heterocycles. The number of cyclic esters (lactones) is 1. The zero-order valence-electron chi connectivity index (χ0n) is 16.1. The predicted molar refractivity (Wildman–Crippen MR) is 101 cm³/mol. The molecule has 1 amide bonds. The molecule has 5 nitrogen and oxygen atoms in total. The molecule has 1 aliphatic rings. The number of esters is 1. The van der Waals surface area contributed by atoms with Crippen LogP contribution < -0.4 is 5.32 Å². The number of carbonyl (C=O) groups excluding carboxylic acids is 2. The van der Waals surface area contributed by atoms with Crippen molar-refractivity contribution in [2.45, 2.75) is 71.6 Å². The number of rotatable bonds is 9. The van der Waals surface area contributed by atoms with E-state index in [1.165, 1.54) is 0 Å². The van der Waals surface area contributed by atoms with Crippen LogP contribution in [0.25, 0.3) is 0 Å². The van der Waals surface area contributed by atoms with Gasteiger partial charge in [-0.3, -0.25) is 4.79 Å². The SMILES string of the molecule is CCCCC[C@H]1C[C@@H]([C@@H](NC(=O)OCc2ccccc2)C(C)C)OC1=O. The summed E-state index contributed by atoms with van der Waals surface area (Å²) < 4.78 is 10.9. The quantitative estimate of drug-likeness (QED) is 0.521. The van der Waals surface area contributed by atoms with Crippen LogP contribution in [0.2, 0.25) is 0 Å². The van der Waals surface area contributed by atoms with Crippen molar-refractivity contribution in [2.24, 2.45) is 11.8 Å². The van der Waals surface area contributed by atoms with Crippen molar-refractivity contribution in [1.29, 1.82) is 0 Å². The van der Waals surface area contributed by atoms with Crippen molar-refractivity contribution in [3.63, 3.8) is 0 Å². The van der Waals surface area contributed by atoms with Gasteiger partial charge in [-0.2, -0.15) is 0 Å². The maximum atomic E-state index is 12.2. The lowest BCUT2D eigenvalue weighted by Gasteiger charge is -2.26. The number of ether oxygens (including phenoxy) is 2. The van der Waals surface area contributed by atoms with Gasteiger partial charge in [-0.15, -0.1) is 0 Å². The first kappa shape index (κ1) is 20.3. The van der Waals surface area contributed by atoms with Crippen LogP contribution in [-0.4, -0.2) is 24.2 Å². The Balaban J connectivity index is 1.86. The summed E-state index contributed by atoms with van der Waals surface area (Å²) >= 11 is 0. The van der Waals surface area contributed by atoms with Crippen molar-refractivity contribution in [2.75, 3.05) is 0 Å². The Kier molecular flexibility index (Phi) is 7.95. The van der Waals surface area contributed by atoms with Crippen molar-refractivity contribution < 1.29 is 19.1 Å². The number of nitrogens with one attached hydrogen (secondary N) is 1. The van der Waals surface area contributed by atoms with E-state index in [4.69, 9.17) is 9.47 Å². The van der Waals surface area contributed by atoms with E-state index in [1.807, 2.05) is 44.2 Å². The summed E-state index contributed by atoms with van der Waals surface area (Å²) in [5.41, 5.74) is 0.937.